The van der Waals surface area contributed by atoms with Crippen molar-refractivity contribution in [3.05, 3.63) is 69.3 Å². The smallest absolute Gasteiger partial charge is 0.283 e. The number of nitrogens with zero attached hydrogens (tertiary/aromatic N) is 4. The molecule has 0 aliphatic rings. The van der Waals surface area contributed by atoms with E-state index in [0.717, 1.165) is 10.7 Å². The molecular formula is C18H14ClF2N5O4. The minimum absolute atomic E-state index is 0.0816. The van der Waals surface area contributed by atoms with Gasteiger partial charge in [-0.1, -0.05) is 11.6 Å². The second kappa shape index (κ2) is 8.82. The van der Waals surface area contributed by atoms with E-state index < -0.39 is 29.5 Å². The lowest BCUT2D eigenvalue weighted by Crippen LogP contribution is -2.20. The highest BCUT2D eigenvalue weighted by atomic mass is 35.5. The largest absolute Gasteiger partial charge is 0.455 e. The van der Waals surface area contributed by atoms with Gasteiger partial charge in [0.25, 0.3) is 12.1 Å². The van der Waals surface area contributed by atoms with E-state index in [0.29, 0.717) is 5.75 Å². The molecule has 1 aromatic carbocycles. The second-order valence-electron chi connectivity index (χ2n) is 6.05. The Balaban J connectivity index is 1.81. The molecule has 3 rings (SSSR count). The standard InChI is InChI=1S/C18H14ClF2N5O4/c1-10-16(19)17(18(20)21)24-25(10)9-15(27)23-11-5-12(26(28)29)7-14(6-11)30-13-3-2-4-22-8-13/h2-8,18H,9H2,1H3,(H,23,27). The van der Waals surface area contributed by atoms with Crippen molar-refractivity contribution in [2.75, 3.05) is 5.32 Å². The molecule has 0 unspecified atom stereocenters. The minimum Gasteiger partial charge on any atom is -0.455 e. The number of nitrogens with one attached hydrogen (secondary N) is 1. The zero-order valence-electron chi connectivity index (χ0n) is 15.4. The molecule has 2 aromatic heterocycles. The molecule has 3 aromatic rings. The molecule has 1 N–H and O–H groups in total. The third-order valence-electron chi connectivity index (χ3n) is 3.91. The SMILES string of the molecule is Cc1c(Cl)c(C(F)F)nn1CC(=O)Nc1cc(Oc2cccnc2)cc([N+](=O)[O-])c1. The van der Waals surface area contributed by atoms with Gasteiger partial charge >= 0.3 is 0 Å². The fourth-order valence-corrected chi connectivity index (χ4v) is 2.76. The molecule has 30 heavy (non-hydrogen) atoms. The topological polar surface area (TPSA) is 112 Å². The number of ether oxygens (including phenoxy) is 1. The van der Waals surface area contributed by atoms with E-state index >= 15 is 0 Å². The molecule has 9 nitrogen and oxygen atoms in total. The third kappa shape index (κ3) is 4.87. The van der Waals surface area contributed by atoms with E-state index in [2.05, 4.69) is 15.4 Å². The number of amides is 1. The molecule has 2 heterocycles. The summed E-state index contributed by atoms with van der Waals surface area (Å²) in [6.45, 7) is 1.03. The van der Waals surface area contributed by atoms with Crippen LogP contribution in [0.2, 0.25) is 5.02 Å². The summed E-state index contributed by atoms with van der Waals surface area (Å²) in [6, 6.07) is 6.94. The summed E-state index contributed by atoms with van der Waals surface area (Å²) in [4.78, 5) is 26.8. The van der Waals surface area contributed by atoms with Crippen molar-refractivity contribution in [1.82, 2.24) is 14.8 Å². The van der Waals surface area contributed by atoms with Crippen molar-refractivity contribution >= 4 is 28.9 Å². The Morgan fingerprint density at radius 1 is 1.37 bits per heavy atom. The van der Waals surface area contributed by atoms with Gasteiger partial charge in [0.1, 0.15) is 23.7 Å². The molecule has 0 saturated heterocycles. The molecule has 0 aliphatic carbocycles. The maximum atomic E-state index is 12.9. The van der Waals surface area contributed by atoms with Crippen molar-refractivity contribution in [3.8, 4) is 11.5 Å². The van der Waals surface area contributed by atoms with E-state index in [4.69, 9.17) is 16.3 Å². The lowest BCUT2D eigenvalue weighted by molar-refractivity contribution is -0.384. The number of halogens is 3. The second-order valence-corrected chi connectivity index (χ2v) is 6.43. The number of alkyl halides is 2. The van der Waals surface area contributed by atoms with Gasteiger partial charge in [-0.05, 0) is 19.1 Å². The highest BCUT2D eigenvalue weighted by Crippen LogP contribution is 2.30. The van der Waals surface area contributed by atoms with Gasteiger partial charge in [-0.15, -0.1) is 0 Å². The fourth-order valence-electron chi connectivity index (χ4n) is 2.54. The molecule has 0 atom stereocenters. The number of hydrogen-bond donors (Lipinski definition) is 1. The zero-order chi connectivity index (χ0) is 21.8. The van der Waals surface area contributed by atoms with Gasteiger partial charge in [-0.3, -0.25) is 24.6 Å². The molecule has 12 heteroatoms. The molecule has 0 aliphatic heterocycles. The molecule has 0 bridgehead atoms. The van der Waals surface area contributed by atoms with Crippen LogP contribution in [0.15, 0.2) is 42.7 Å². The molecule has 0 fully saturated rings. The predicted octanol–water partition coefficient (Wildman–Crippen LogP) is 4.52. The quantitative estimate of drug-likeness (QED) is 0.429. The zero-order valence-corrected chi connectivity index (χ0v) is 16.1. The number of carbonyl (C=O) groups excluding carboxylic acids is 1. The Morgan fingerprint density at radius 2 is 2.13 bits per heavy atom. The first kappa shape index (κ1) is 21.1. The van der Waals surface area contributed by atoms with Crippen LogP contribution in [0.5, 0.6) is 11.5 Å². The monoisotopic (exact) mass is 437 g/mol. The number of aromatic nitrogens is 3. The number of pyridine rings is 1. The molecule has 0 saturated carbocycles. The molecule has 1 amide bonds. The van der Waals surface area contributed by atoms with Crippen LogP contribution >= 0.6 is 11.6 Å². The predicted molar refractivity (Wildman–Crippen MR) is 103 cm³/mol. The normalized spacial score (nSPS) is 10.8. The lowest BCUT2D eigenvalue weighted by Gasteiger charge is -2.10. The van der Waals surface area contributed by atoms with Gasteiger partial charge in [-0.25, -0.2) is 8.78 Å². The summed E-state index contributed by atoms with van der Waals surface area (Å²) < 4.78 is 32.4. The van der Waals surface area contributed by atoms with Crippen LogP contribution < -0.4 is 10.1 Å². The van der Waals surface area contributed by atoms with Gasteiger partial charge in [-0.2, -0.15) is 5.10 Å². The molecule has 156 valence electrons. The van der Waals surface area contributed by atoms with Gasteiger partial charge in [0, 0.05) is 18.3 Å². The first-order valence-electron chi connectivity index (χ1n) is 8.42. The van der Waals surface area contributed by atoms with Crippen LogP contribution in [0.3, 0.4) is 0 Å². The number of rotatable bonds is 7. The fraction of sp³-hybridized carbons (Fsp3) is 0.167. The van der Waals surface area contributed by atoms with E-state index in [1.165, 1.54) is 31.5 Å². The van der Waals surface area contributed by atoms with E-state index in [-0.39, 0.29) is 27.8 Å². The maximum Gasteiger partial charge on any atom is 0.283 e. The van der Waals surface area contributed by atoms with Crippen LogP contribution in [-0.4, -0.2) is 25.6 Å². The molecular weight excluding hydrogens is 424 g/mol. The first-order valence-corrected chi connectivity index (χ1v) is 8.80. The summed E-state index contributed by atoms with van der Waals surface area (Å²) >= 11 is 5.81. The average molecular weight is 438 g/mol. The Hall–Kier alpha value is -3.60. The summed E-state index contributed by atoms with van der Waals surface area (Å²) in [5, 5.41) is 17.1. The summed E-state index contributed by atoms with van der Waals surface area (Å²) in [5.74, 6) is -0.201. The van der Waals surface area contributed by atoms with Crippen LogP contribution in [0.4, 0.5) is 20.2 Å². The maximum absolute atomic E-state index is 12.9. The molecule has 0 spiro atoms. The number of nitro groups is 1. The Morgan fingerprint density at radius 3 is 2.73 bits per heavy atom. The van der Waals surface area contributed by atoms with Crippen molar-refractivity contribution < 1.29 is 23.2 Å². The van der Waals surface area contributed by atoms with Crippen LogP contribution in [-0.2, 0) is 11.3 Å². The highest BCUT2D eigenvalue weighted by Gasteiger charge is 2.22. The number of nitro benzene ring substituents is 1. The van der Waals surface area contributed by atoms with Crippen molar-refractivity contribution in [3.63, 3.8) is 0 Å². The van der Waals surface area contributed by atoms with Crippen molar-refractivity contribution in [1.29, 1.82) is 0 Å². The number of non-ortho nitro benzene ring substituents is 1. The number of hydrogen-bond acceptors (Lipinski definition) is 6. The van der Waals surface area contributed by atoms with Crippen LogP contribution in [0.25, 0.3) is 0 Å². The Bertz CT molecular complexity index is 1090. The van der Waals surface area contributed by atoms with E-state index in [1.807, 2.05) is 0 Å². The van der Waals surface area contributed by atoms with Gasteiger partial charge in [0.05, 0.1) is 33.6 Å². The molecule has 0 radical (unpaired) electrons. The Kier molecular flexibility index (Phi) is 6.21. The first-order chi connectivity index (χ1) is 14.2. The number of benzene rings is 1. The van der Waals surface area contributed by atoms with E-state index in [9.17, 15) is 23.7 Å². The highest BCUT2D eigenvalue weighted by molar-refractivity contribution is 6.31. The van der Waals surface area contributed by atoms with Crippen LogP contribution in [0.1, 0.15) is 17.8 Å². The summed E-state index contributed by atoms with van der Waals surface area (Å²) in [5.41, 5.74) is -0.658. The Labute approximate surface area is 173 Å². The summed E-state index contributed by atoms with van der Waals surface area (Å²) in [7, 11) is 0. The van der Waals surface area contributed by atoms with Crippen molar-refractivity contribution in [2.24, 2.45) is 0 Å². The van der Waals surface area contributed by atoms with E-state index in [1.54, 1.807) is 12.1 Å². The lowest BCUT2D eigenvalue weighted by atomic mass is 10.2. The van der Waals surface area contributed by atoms with Gasteiger partial charge < -0.3 is 10.1 Å². The number of carbonyl (C=O) groups is 1. The minimum atomic E-state index is -2.88. The van der Waals surface area contributed by atoms with Crippen LogP contribution in [0, 0.1) is 17.0 Å². The summed E-state index contributed by atoms with van der Waals surface area (Å²) in [6.07, 6.45) is 0.0705. The third-order valence-corrected chi connectivity index (χ3v) is 4.38. The number of anilines is 1. The van der Waals surface area contributed by atoms with Crippen molar-refractivity contribution in [2.45, 2.75) is 19.9 Å². The average Bonchev–Trinajstić information content (AvgIpc) is 2.97. The van der Waals surface area contributed by atoms with Gasteiger partial charge in [0.2, 0.25) is 5.91 Å². The van der Waals surface area contributed by atoms with Gasteiger partial charge in [0.15, 0.2) is 0 Å².